The molecule has 0 aliphatic rings. The van der Waals surface area contributed by atoms with Crippen molar-refractivity contribution in [3.05, 3.63) is 65.6 Å². The second-order valence-corrected chi connectivity index (χ2v) is 5.39. The van der Waals surface area contributed by atoms with Crippen LogP contribution in [0.5, 0.6) is 0 Å². The molecule has 0 amide bonds. The molecule has 2 N–H and O–H groups in total. The van der Waals surface area contributed by atoms with E-state index in [1.54, 1.807) is 0 Å². The zero-order valence-corrected chi connectivity index (χ0v) is 12.0. The zero-order valence-electron chi connectivity index (χ0n) is 11.2. The molecule has 1 aromatic carbocycles. The summed E-state index contributed by atoms with van der Waals surface area (Å²) in [6.07, 6.45) is 5.85. The topological polar surface area (TPSA) is 43.8 Å². The van der Waals surface area contributed by atoms with E-state index in [4.69, 9.17) is 18.0 Å². The second-order valence-electron chi connectivity index (χ2n) is 4.95. The molecule has 2 heterocycles. The summed E-state index contributed by atoms with van der Waals surface area (Å²) in [5, 5.41) is 1.15. The summed E-state index contributed by atoms with van der Waals surface area (Å²) in [6, 6.07) is 10.3. The van der Waals surface area contributed by atoms with E-state index in [2.05, 4.69) is 40.9 Å². The third-order valence-corrected chi connectivity index (χ3v) is 3.58. The Bertz CT molecular complexity index is 789. The Morgan fingerprint density at radius 2 is 2.10 bits per heavy atom. The van der Waals surface area contributed by atoms with Crippen molar-refractivity contribution in [1.82, 2.24) is 9.55 Å². The van der Waals surface area contributed by atoms with Crippen molar-refractivity contribution in [3.8, 4) is 0 Å². The average molecular weight is 281 g/mol. The Morgan fingerprint density at radius 1 is 1.25 bits per heavy atom. The lowest BCUT2D eigenvalue weighted by Gasteiger charge is -2.07. The minimum atomic E-state index is 0.433. The molecule has 0 atom stereocenters. The van der Waals surface area contributed by atoms with Gasteiger partial charge in [0.1, 0.15) is 4.99 Å². The van der Waals surface area contributed by atoms with Crippen LogP contribution in [0, 0.1) is 6.92 Å². The molecule has 0 bridgehead atoms. The summed E-state index contributed by atoms with van der Waals surface area (Å²) < 4.78 is 2.20. The Morgan fingerprint density at radius 3 is 2.85 bits per heavy atom. The van der Waals surface area contributed by atoms with Crippen LogP contribution in [0.1, 0.15) is 16.7 Å². The van der Waals surface area contributed by atoms with Gasteiger partial charge in [0.05, 0.1) is 0 Å². The number of benzene rings is 1. The van der Waals surface area contributed by atoms with E-state index in [0.717, 1.165) is 17.5 Å². The highest BCUT2D eigenvalue weighted by Crippen LogP contribution is 2.19. The maximum atomic E-state index is 5.67. The maximum absolute atomic E-state index is 5.67. The van der Waals surface area contributed by atoms with Gasteiger partial charge in [-0.25, -0.2) is 0 Å². The first-order valence-electron chi connectivity index (χ1n) is 6.43. The van der Waals surface area contributed by atoms with Gasteiger partial charge < -0.3 is 10.3 Å². The van der Waals surface area contributed by atoms with Gasteiger partial charge in [-0.1, -0.05) is 18.3 Å². The minimum Gasteiger partial charge on any atom is -0.389 e. The molecule has 0 radical (unpaired) electrons. The Labute approximate surface area is 123 Å². The summed E-state index contributed by atoms with van der Waals surface area (Å²) in [6.45, 7) is 2.86. The molecule has 0 aliphatic heterocycles. The van der Waals surface area contributed by atoms with E-state index >= 15 is 0 Å². The van der Waals surface area contributed by atoms with Crippen molar-refractivity contribution in [2.45, 2.75) is 13.5 Å². The van der Waals surface area contributed by atoms with Gasteiger partial charge in [0.2, 0.25) is 0 Å². The largest absolute Gasteiger partial charge is 0.389 e. The number of hydrogen-bond donors (Lipinski definition) is 1. The molecular formula is C16H15N3S. The molecule has 0 saturated heterocycles. The normalized spacial score (nSPS) is 10.8. The van der Waals surface area contributed by atoms with Crippen molar-refractivity contribution < 1.29 is 0 Å². The molecule has 0 fully saturated rings. The van der Waals surface area contributed by atoms with Crippen molar-refractivity contribution >= 4 is 28.1 Å². The zero-order chi connectivity index (χ0) is 14.1. The van der Waals surface area contributed by atoms with Crippen LogP contribution in [0.4, 0.5) is 0 Å². The van der Waals surface area contributed by atoms with Crippen LogP contribution in [0.2, 0.25) is 0 Å². The molecule has 0 spiro atoms. The number of fused-ring (bicyclic) bond motifs is 1. The van der Waals surface area contributed by atoms with E-state index in [1.165, 1.54) is 16.6 Å². The van der Waals surface area contributed by atoms with Gasteiger partial charge in [-0.15, -0.1) is 0 Å². The predicted octanol–water partition coefficient (Wildman–Crippen LogP) is 3.03. The van der Waals surface area contributed by atoms with Gasteiger partial charge >= 0.3 is 0 Å². The minimum absolute atomic E-state index is 0.433. The standard InChI is InChI=1S/C16H15N3S/c1-11-6-12(9-18-8-11)10-19-5-4-13-7-14(16(17)20)2-3-15(13)19/h2-9H,10H2,1H3,(H2,17,20). The fourth-order valence-corrected chi connectivity index (χ4v) is 2.52. The predicted molar refractivity (Wildman–Crippen MR) is 85.9 cm³/mol. The highest BCUT2D eigenvalue weighted by molar-refractivity contribution is 7.80. The highest BCUT2D eigenvalue weighted by atomic mass is 32.1. The molecule has 0 unspecified atom stereocenters. The molecule has 20 heavy (non-hydrogen) atoms. The monoisotopic (exact) mass is 281 g/mol. The first kappa shape index (κ1) is 12.8. The fourth-order valence-electron chi connectivity index (χ4n) is 2.39. The summed E-state index contributed by atoms with van der Waals surface area (Å²) in [7, 11) is 0. The number of aryl methyl sites for hydroxylation is 1. The molecule has 3 aromatic rings. The lowest BCUT2D eigenvalue weighted by atomic mass is 10.1. The van der Waals surface area contributed by atoms with Crippen LogP contribution in [0.25, 0.3) is 10.9 Å². The number of aromatic nitrogens is 2. The van der Waals surface area contributed by atoms with Crippen molar-refractivity contribution in [1.29, 1.82) is 0 Å². The third-order valence-electron chi connectivity index (χ3n) is 3.34. The lowest BCUT2D eigenvalue weighted by Crippen LogP contribution is -2.08. The number of nitrogens with zero attached hydrogens (tertiary/aromatic N) is 2. The summed E-state index contributed by atoms with van der Waals surface area (Å²) >= 11 is 5.01. The van der Waals surface area contributed by atoms with E-state index in [-0.39, 0.29) is 0 Å². The Kier molecular flexibility index (Phi) is 3.24. The van der Waals surface area contributed by atoms with Crippen molar-refractivity contribution in [2.24, 2.45) is 5.73 Å². The quantitative estimate of drug-likeness (QED) is 0.750. The number of pyridine rings is 1. The Balaban J connectivity index is 1.98. The molecular weight excluding hydrogens is 266 g/mol. The van der Waals surface area contributed by atoms with Gasteiger partial charge in [-0.05, 0) is 42.3 Å². The number of rotatable bonds is 3. The van der Waals surface area contributed by atoms with E-state index in [0.29, 0.717) is 4.99 Å². The van der Waals surface area contributed by atoms with Gasteiger partial charge in [0, 0.05) is 41.6 Å². The smallest absolute Gasteiger partial charge is 0.104 e. The first-order valence-corrected chi connectivity index (χ1v) is 6.83. The summed E-state index contributed by atoms with van der Waals surface area (Å²) in [5.74, 6) is 0. The van der Waals surface area contributed by atoms with E-state index in [1.807, 2.05) is 24.5 Å². The fraction of sp³-hybridized carbons (Fsp3) is 0.125. The molecule has 3 rings (SSSR count). The SMILES string of the molecule is Cc1cncc(Cn2ccc3cc(C(N)=S)ccc32)c1. The molecule has 2 aromatic heterocycles. The van der Waals surface area contributed by atoms with E-state index < -0.39 is 0 Å². The third kappa shape index (κ3) is 2.42. The van der Waals surface area contributed by atoms with Crippen molar-refractivity contribution in [3.63, 3.8) is 0 Å². The number of hydrogen-bond acceptors (Lipinski definition) is 2. The lowest BCUT2D eigenvalue weighted by molar-refractivity contribution is 0.830. The van der Waals surface area contributed by atoms with Gasteiger partial charge in [-0.2, -0.15) is 0 Å². The van der Waals surface area contributed by atoms with Gasteiger partial charge in [0.15, 0.2) is 0 Å². The van der Waals surface area contributed by atoms with Crippen LogP contribution in [-0.2, 0) is 6.54 Å². The van der Waals surface area contributed by atoms with Crippen LogP contribution < -0.4 is 5.73 Å². The van der Waals surface area contributed by atoms with E-state index in [9.17, 15) is 0 Å². The molecule has 3 nitrogen and oxygen atoms in total. The van der Waals surface area contributed by atoms with Crippen LogP contribution >= 0.6 is 12.2 Å². The average Bonchev–Trinajstić information content (AvgIpc) is 2.81. The molecule has 4 heteroatoms. The van der Waals surface area contributed by atoms with Crippen LogP contribution in [0.15, 0.2) is 48.9 Å². The maximum Gasteiger partial charge on any atom is 0.104 e. The molecule has 100 valence electrons. The molecule has 0 saturated carbocycles. The van der Waals surface area contributed by atoms with Crippen LogP contribution in [0.3, 0.4) is 0 Å². The van der Waals surface area contributed by atoms with Crippen LogP contribution in [-0.4, -0.2) is 14.5 Å². The van der Waals surface area contributed by atoms with Gasteiger partial charge in [-0.3, -0.25) is 4.98 Å². The first-order chi connectivity index (χ1) is 9.63. The summed E-state index contributed by atoms with van der Waals surface area (Å²) in [4.78, 5) is 4.67. The summed E-state index contributed by atoms with van der Waals surface area (Å²) in [5.41, 5.74) is 10.1. The number of thiocarbonyl (C=S) groups is 1. The number of nitrogens with two attached hydrogens (primary N) is 1. The van der Waals surface area contributed by atoms with Crippen molar-refractivity contribution in [2.75, 3.05) is 0 Å². The molecule has 0 aliphatic carbocycles. The van der Waals surface area contributed by atoms with Gasteiger partial charge in [0.25, 0.3) is 0 Å². The Hall–Kier alpha value is -2.20. The second kappa shape index (κ2) is 5.06. The highest BCUT2D eigenvalue weighted by Gasteiger charge is 2.04.